The van der Waals surface area contributed by atoms with Crippen LogP contribution in [0.25, 0.3) is 0 Å². The van der Waals surface area contributed by atoms with Crippen LogP contribution in [0.4, 0.5) is 0 Å². The molecule has 2 heterocycles. The number of carbonyl (C=O) groups is 1. The summed E-state index contributed by atoms with van der Waals surface area (Å²) in [5.74, 6) is 0.210. The summed E-state index contributed by atoms with van der Waals surface area (Å²) in [5.41, 5.74) is 0.865. The zero-order valence-electron chi connectivity index (χ0n) is 7.75. The van der Waals surface area contributed by atoms with E-state index in [2.05, 4.69) is 0 Å². The van der Waals surface area contributed by atoms with Gasteiger partial charge in [-0.05, 0) is 25.8 Å². The van der Waals surface area contributed by atoms with E-state index >= 15 is 0 Å². The van der Waals surface area contributed by atoms with Gasteiger partial charge in [0, 0.05) is 23.3 Å². The molecule has 1 amide bonds. The standard InChI is InChI=1S/C10H13NOS/c1-8-6-9(7-13-8)10(12)11-4-2-3-5-11/h6-7H,2-5H2,1H3. The second-order valence-electron chi connectivity index (χ2n) is 3.45. The number of rotatable bonds is 1. The summed E-state index contributed by atoms with van der Waals surface area (Å²) in [4.78, 5) is 14.9. The molecule has 3 heteroatoms. The molecule has 2 rings (SSSR count). The Labute approximate surface area is 82.2 Å². The molecular formula is C10H13NOS. The number of hydrogen-bond donors (Lipinski definition) is 0. The van der Waals surface area contributed by atoms with E-state index < -0.39 is 0 Å². The van der Waals surface area contributed by atoms with Gasteiger partial charge in [0.1, 0.15) is 0 Å². The van der Waals surface area contributed by atoms with Crippen molar-refractivity contribution in [2.45, 2.75) is 19.8 Å². The van der Waals surface area contributed by atoms with Crippen molar-refractivity contribution in [1.82, 2.24) is 4.90 Å². The first-order valence-corrected chi connectivity index (χ1v) is 5.50. The Hall–Kier alpha value is -0.830. The zero-order valence-corrected chi connectivity index (χ0v) is 8.56. The summed E-state index contributed by atoms with van der Waals surface area (Å²) in [6.07, 6.45) is 2.32. The second kappa shape index (κ2) is 3.50. The highest BCUT2D eigenvalue weighted by Gasteiger charge is 2.19. The van der Waals surface area contributed by atoms with Crippen LogP contribution in [0.15, 0.2) is 11.4 Å². The summed E-state index contributed by atoms with van der Waals surface area (Å²) in [6.45, 7) is 3.91. The number of thiophene rings is 1. The lowest BCUT2D eigenvalue weighted by Gasteiger charge is -2.13. The van der Waals surface area contributed by atoms with Gasteiger partial charge in [0.2, 0.25) is 0 Å². The zero-order chi connectivity index (χ0) is 9.26. The first-order valence-electron chi connectivity index (χ1n) is 4.62. The Morgan fingerprint density at radius 3 is 2.69 bits per heavy atom. The number of likely N-dealkylation sites (tertiary alicyclic amines) is 1. The Bertz CT molecular complexity index is 312. The van der Waals surface area contributed by atoms with Gasteiger partial charge in [0.25, 0.3) is 5.91 Å². The predicted molar refractivity (Wildman–Crippen MR) is 54.2 cm³/mol. The molecule has 13 heavy (non-hydrogen) atoms. The molecule has 1 aliphatic rings. The minimum absolute atomic E-state index is 0.210. The van der Waals surface area contributed by atoms with Crippen LogP contribution >= 0.6 is 11.3 Å². The van der Waals surface area contributed by atoms with E-state index in [1.54, 1.807) is 11.3 Å². The summed E-state index contributed by atoms with van der Waals surface area (Å²) >= 11 is 1.64. The topological polar surface area (TPSA) is 20.3 Å². The lowest BCUT2D eigenvalue weighted by atomic mass is 10.3. The van der Waals surface area contributed by atoms with E-state index in [1.807, 2.05) is 23.3 Å². The Morgan fingerprint density at radius 2 is 2.15 bits per heavy atom. The van der Waals surface area contributed by atoms with Crippen molar-refractivity contribution in [3.05, 3.63) is 21.9 Å². The van der Waals surface area contributed by atoms with Gasteiger partial charge in [-0.2, -0.15) is 0 Å². The molecule has 1 aromatic heterocycles. The first-order chi connectivity index (χ1) is 6.27. The molecule has 0 spiro atoms. The molecule has 1 fully saturated rings. The van der Waals surface area contributed by atoms with E-state index in [-0.39, 0.29) is 5.91 Å². The SMILES string of the molecule is Cc1cc(C(=O)N2CCCC2)cs1. The summed E-state index contributed by atoms with van der Waals surface area (Å²) in [5, 5.41) is 1.95. The predicted octanol–water partition coefficient (Wildman–Crippen LogP) is 2.29. The van der Waals surface area contributed by atoms with Crippen LogP contribution in [-0.4, -0.2) is 23.9 Å². The maximum absolute atomic E-state index is 11.8. The van der Waals surface area contributed by atoms with Crippen LogP contribution in [0.1, 0.15) is 28.1 Å². The molecule has 2 nitrogen and oxygen atoms in total. The van der Waals surface area contributed by atoms with Gasteiger partial charge in [-0.25, -0.2) is 0 Å². The Kier molecular flexibility index (Phi) is 2.36. The summed E-state index contributed by atoms with van der Waals surface area (Å²) in [6, 6.07) is 1.98. The van der Waals surface area contributed by atoms with E-state index in [0.29, 0.717) is 0 Å². The number of aryl methyl sites for hydroxylation is 1. The van der Waals surface area contributed by atoms with Gasteiger partial charge in [0.15, 0.2) is 0 Å². The average molecular weight is 195 g/mol. The van der Waals surface area contributed by atoms with Crippen molar-refractivity contribution in [1.29, 1.82) is 0 Å². The lowest BCUT2D eigenvalue weighted by molar-refractivity contribution is 0.0793. The highest BCUT2D eigenvalue weighted by atomic mass is 32.1. The number of hydrogen-bond acceptors (Lipinski definition) is 2. The molecule has 0 aromatic carbocycles. The lowest BCUT2D eigenvalue weighted by Crippen LogP contribution is -2.27. The Balaban J connectivity index is 2.12. The van der Waals surface area contributed by atoms with Crippen LogP contribution in [0.3, 0.4) is 0 Å². The minimum Gasteiger partial charge on any atom is -0.339 e. The highest BCUT2D eigenvalue weighted by Crippen LogP contribution is 2.17. The molecule has 0 bridgehead atoms. The maximum Gasteiger partial charge on any atom is 0.254 e. The first kappa shape index (κ1) is 8.75. The van der Waals surface area contributed by atoms with E-state index in [4.69, 9.17) is 0 Å². The highest BCUT2D eigenvalue weighted by molar-refractivity contribution is 7.10. The normalized spacial score (nSPS) is 16.5. The third-order valence-corrected chi connectivity index (χ3v) is 3.23. The fraction of sp³-hybridized carbons (Fsp3) is 0.500. The molecule has 1 saturated heterocycles. The molecule has 0 atom stereocenters. The molecule has 0 N–H and O–H groups in total. The fourth-order valence-corrected chi connectivity index (χ4v) is 2.34. The van der Waals surface area contributed by atoms with Crippen LogP contribution < -0.4 is 0 Å². The smallest absolute Gasteiger partial charge is 0.254 e. The summed E-state index contributed by atoms with van der Waals surface area (Å²) < 4.78 is 0. The number of nitrogens with zero attached hydrogens (tertiary/aromatic N) is 1. The monoisotopic (exact) mass is 195 g/mol. The molecule has 0 unspecified atom stereocenters. The van der Waals surface area contributed by atoms with Gasteiger partial charge in [0.05, 0.1) is 5.56 Å². The number of carbonyl (C=O) groups excluding carboxylic acids is 1. The fourth-order valence-electron chi connectivity index (χ4n) is 1.66. The van der Waals surface area contributed by atoms with Gasteiger partial charge in [-0.1, -0.05) is 0 Å². The minimum atomic E-state index is 0.210. The quantitative estimate of drug-likeness (QED) is 0.673. The third kappa shape index (κ3) is 1.75. The molecule has 1 aliphatic heterocycles. The maximum atomic E-state index is 11.8. The van der Waals surface area contributed by atoms with Gasteiger partial charge < -0.3 is 4.90 Å². The van der Waals surface area contributed by atoms with Crippen LogP contribution in [0.5, 0.6) is 0 Å². The second-order valence-corrected chi connectivity index (χ2v) is 4.56. The van der Waals surface area contributed by atoms with Crippen LogP contribution in [-0.2, 0) is 0 Å². The molecular weight excluding hydrogens is 182 g/mol. The van der Waals surface area contributed by atoms with Crippen molar-refractivity contribution in [2.24, 2.45) is 0 Å². The van der Waals surface area contributed by atoms with Crippen molar-refractivity contribution in [3.8, 4) is 0 Å². The van der Waals surface area contributed by atoms with Crippen LogP contribution in [0.2, 0.25) is 0 Å². The van der Waals surface area contributed by atoms with Gasteiger partial charge in [-0.15, -0.1) is 11.3 Å². The van der Waals surface area contributed by atoms with Gasteiger partial charge in [-0.3, -0.25) is 4.79 Å². The number of amides is 1. The van der Waals surface area contributed by atoms with E-state index in [9.17, 15) is 4.79 Å². The van der Waals surface area contributed by atoms with Crippen molar-refractivity contribution in [3.63, 3.8) is 0 Å². The molecule has 1 aromatic rings. The van der Waals surface area contributed by atoms with Crippen molar-refractivity contribution in [2.75, 3.05) is 13.1 Å². The van der Waals surface area contributed by atoms with Crippen molar-refractivity contribution >= 4 is 17.2 Å². The van der Waals surface area contributed by atoms with E-state index in [0.717, 1.165) is 31.5 Å². The van der Waals surface area contributed by atoms with E-state index in [1.165, 1.54) is 4.88 Å². The van der Waals surface area contributed by atoms with Crippen LogP contribution in [0, 0.1) is 6.92 Å². The third-order valence-electron chi connectivity index (χ3n) is 2.37. The largest absolute Gasteiger partial charge is 0.339 e. The summed E-state index contributed by atoms with van der Waals surface area (Å²) in [7, 11) is 0. The molecule has 0 radical (unpaired) electrons. The molecule has 0 aliphatic carbocycles. The molecule has 70 valence electrons. The molecule has 0 saturated carbocycles. The Morgan fingerprint density at radius 1 is 1.46 bits per heavy atom. The average Bonchev–Trinajstić information content (AvgIpc) is 2.72. The van der Waals surface area contributed by atoms with Gasteiger partial charge >= 0.3 is 0 Å². The van der Waals surface area contributed by atoms with Crippen molar-refractivity contribution < 1.29 is 4.79 Å².